The molecule has 9 nitrogen and oxygen atoms in total. The molecule has 0 amide bonds. The van der Waals surface area contributed by atoms with Gasteiger partial charge in [-0.05, 0) is 48.7 Å². The van der Waals surface area contributed by atoms with Crippen molar-refractivity contribution in [3.05, 3.63) is 53.3 Å². The normalized spacial score (nSPS) is 11.2. The van der Waals surface area contributed by atoms with Crippen LogP contribution in [-0.4, -0.2) is 21.2 Å². The summed E-state index contributed by atoms with van der Waals surface area (Å²) in [5, 5.41) is 16.9. The molecule has 0 saturated carbocycles. The number of hydrazine groups is 1. The van der Waals surface area contributed by atoms with Gasteiger partial charge in [0.1, 0.15) is 17.5 Å². The zero-order chi connectivity index (χ0) is 22.0. The Bertz CT molecular complexity index is 1100. The van der Waals surface area contributed by atoms with Gasteiger partial charge in [-0.1, -0.05) is 13.8 Å². The summed E-state index contributed by atoms with van der Waals surface area (Å²) in [5.41, 5.74) is 21.3. The topological polar surface area (TPSA) is 173 Å². The molecule has 0 aliphatic rings. The lowest BCUT2D eigenvalue weighted by Crippen LogP contribution is -2.32. The summed E-state index contributed by atoms with van der Waals surface area (Å²) < 4.78 is 2.14. The summed E-state index contributed by atoms with van der Waals surface area (Å²) in [6, 6.07) is 10.7. The lowest BCUT2D eigenvalue weighted by molar-refractivity contribution is 0.510. The third kappa shape index (κ3) is 4.36. The number of anilines is 2. The minimum absolute atomic E-state index is 0.00412. The van der Waals surface area contributed by atoms with Crippen molar-refractivity contribution in [1.82, 2.24) is 9.55 Å². The average Bonchev–Trinajstić information content (AvgIpc) is 3.02. The molecule has 9 heteroatoms. The number of amidine groups is 2. The van der Waals surface area contributed by atoms with E-state index in [9.17, 15) is 0 Å². The number of fused-ring (bicyclic) bond motifs is 1. The van der Waals surface area contributed by atoms with Crippen LogP contribution in [0.25, 0.3) is 11.0 Å². The Balaban J connectivity index is 2.01. The fourth-order valence-corrected chi connectivity index (χ4v) is 3.30. The Morgan fingerprint density at radius 1 is 1.07 bits per heavy atom. The molecule has 0 saturated heterocycles. The Morgan fingerprint density at radius 2 is 1.70 bits per heavy atom. The molecule has 1 heterocycles. The number of aromatic nitrogens is 2. The molecule has 0 bridgehead atoms. The SMILES string of the molecule is CC(C)CCn1c(CN(N)c2cc(C(=N)N)ccc2N)nc2cc(C(=N)N)ccc21. The van der Waals surface area contributed by atoms with Gasteiger partial charge in [-0.2, -0.15) is 0 Å². The maximum absolute atomic E-state index is 7.69. The highest BCUT2D eigenvalue weighted by atomic mass is 15.4. The number of imidazole rings is 1. The monoisotopic (exact) mass is 407 g/mol. The molecule has 0 atom stereocenters. The molecule has 0 radical (unpaired) electrons. The van der Waals surface area contributed by atoms with Crippen LogP contribution in [0.4, 0.5) is 11.4 Å². The van der Waals surface area contributed by atoms with Gasteiger partial charge in [0, 0.05) is 17.7 Å². The number of hydrogen-bond donors (Lipinski definition) is 6. The van der Waals surface area contributed by atoms with E-state index in [0.29, 0.717) is 35.0 Å². The standard InChI is InChI=1S/C21H29N9/c1-12(2)7-8-29-17-6-4-13(20(23)24)9-16(17)28-19(29)11-30(27)18-10-14(21(25)26)3-5-15(18)22/h3-6,9-10,12H,7-8,11,22,27H2,1-2H3,(H3,23,24)(H3,25,26). The van der Waals surface area contributed by atoms with Crippen LogP contribution in [0.2, 0.25) is 0 Å². The number of nitrogens with two attached hydrogens (primary N) is 4. The molecule has 0 aliphatic carbocycles. The summed E-state index contributed by atoms with van der Waals surface area (Å²) >= 11 is 0. The van der Waals surface area contributed by atoms with Gasteiger partial charge >= 0.3 is 0 Å². The summed E-state index contributed by atoms with van der Waals surface area (Å²) in [6.07, 6.45) is 0.986. The first-order chi connectivity index (χ1) is 14.2. The van der Waals surface area contributed by atoms with Crippen LogP contribution in [0.15, 0.2) is 36.4 Å². The van der Waals surface area contributed by atoms with Crippen LogP contribution < -0.4 is 28.1 Å². The van der Waals surface area contributed by atoms with Crippen molar-refractivity contribution in [2.24, 2.45) is 23.2 Å². The third-order valence-electron chi connectivity index (χ3n) is 5.03. The minimum Gasteiger partial charge on any atom is -0.397 e. The largest absolute Gasteiger partial charge is 0.397 e. The molecule has 3 aromatic rings. The van der Waals surface area contributed by atoms with E-state index in [1.807, 2.05) is 18.2 Å². The Morgan fingerprint density at radius 3 is 2.33 bits per heavy atom. The van der Waals surface area contributed by atoms with Gasteiger partial charge in [0.25, 0.3) is 0 Å². The second-order valence-corrected chi connectivity index (χ2v) is 7.79. The minimum atomic E-state index is -0.0504. The zero-order valence-electron chi connectivity index (χ0n) is 17.3. The predicted molar refractivity (Wildman–Crippen MR) is 122 cm³/mol. The van der Waals surface area contributed by atoms with Crippen molar-refractivity contribution < 1.29 is 0 Å². The number of aryl methyl sites for hydroxylation is 1. The van der Waals surface area contributed by atoms with E-state index in [4.69, 9.17) is 38.8 Å². The Hall–Kier alpha value is -3.59. The van der Waals surface area contributed by atoms with E-state index in [1.54, 1.807) is 18.2 Å². The van der Waals surface area contributed by atoms with Crippen molar-refractivity contribution in [3.63, 3.8) is 0 Å². The van der Waals surface area contributed by atoms with Crippen molar-refractivity contribution in [2.75, 3.05) is 10.7 Å². The first kappa shape index (κ1) is 21.1. The maximum Gasteiger partial charge on any atom is 0.131 e. The summed E-state index contributed by atoms with van der Waals surface area (Å²) in [6.45, 7) is 5.46. The molecule has 2 aromatic carbocycles. The molecular weight excluding hydrogens is 378 g/mol. The number of rotatable bonds is 8. The van der Waals surface area contributed by atoms with Gasteiger partial charge in [-0.15, -0.1) is 0 Å². The fourth-order valence-electron chi connectivity index (χ4n) is 3.30. The van der Waals surface area contributed by atoms with E-state index in [1.165, 1.54) is 5.01 Å². The predicted octanol–water partition coefficient (Wildman–Crippen LogP) is 2.11. The van der Waals surface area contributed by atoms with Crippen molar-refractivity contribution in [3.8, 4) is 0 Å². The number of benzene rings is 2. The fraction of sp³-hybridized carbons (Fsp3) is 0.286. The van der Waals surface area contributed by atoms with Gasteiger partial charge in [0.2, 0.25) is 0 Å². The van der Waals surface area contributed by atoms with Crippen LogP contribution in [0, 0.1) is 16.7 Å². The van der Waals surface area contributed by atoms with Crippen LogP contribution in [0.5, 0.6) is 0 Å². The molecule has 30 heavy (non-hydrogen) atoms. The van der Waals surface area contributed by atoms with Gasteiger partial charge in [0.05, 0.1) is 29.0 Å². The molecule has 0 spiro atoms. The second kappa shape index (κ2) is 8.42. The maximum atomic E-state index is 7.69. The number of hydrogen-bond acceptors (Lipinski definition) is 6. The van der Waals surface area contributed by atoms with Gasteiger partial charge in [-0.3, -0.25) is 10.8 Å². The molecule has 3 rings (SSSR count). The van der Waals surface area contributed by atoms with E-state index in [-0.39, 0.29) is 11.7 Å². The summed E-state index contributed by atoms with van der Waals surface area (Å²) in [7, 11) is 0. The van der Waals surface area contributed by atoms with E-state index < -0.39 is 0 Å². The third-order valence-corrected chi connectivity index (χ3v) is 5.03. The Kier molecular flexibility index (Phi) is 5.93. The van der Waals surface area contributed by atoms with Gasteiger partial charge in [-0.25, -0.2) is 10.8 Å². The van der Waals surface area contributed by atoms with Crippen molar-refractivity contribution in [2.45, 2.75) is 33.4 Å². The highest BCUT2D eigenvalue weighted by Gasteiger charge is 2.16. The first-order valence-electron chi connectivity index (χ1n) is 9.77. The molecule has 1 aromatic heterocycles. The van der Waals surface area contributed by atoms with Gasteiger partial charge < -0.3 is 26.8 Å². The average molecular weight is 408 g/mol. The molecule has 0 unspecified atom stereocenters. The summed E-state index contributed by atoms with van der Waals surface area (Å²) in [5.74, 6) is 7.62. The first-order valence-corrected chi connectivity index (χ1v) is 9.77. The van der Waals surface area contributed by atoms with E-state index in [2.05, 4.69) is 18.4 Å². The van der Waals surface area contributed by atoms with Crippen molar-refractivity contribution in [1.29, 1.82) is 10.8 Å². The van der Waals surface area contributed by atoms with E-state index in [0.717, 1.165) is 29.8 Å². The molecule has 10 N–H and O–H groups in total. The highest BCUT2D eigenvalue weighted by Crippen LogP contribution is 2.26. The van der Waals surface area contributed by atoms with Crippen LogP contribution in [0.1, 0.15) is 37.2 Å². The molecule has 158 valence electrons. The Labute approximate surface area is 175 Å². The lowest BCUT2D eigenvalue weighted by atomic mass is 10.1. The quantitative estimate of drug-likeness (QED) is 0.110. The van der Waals surface area contributed by atoms with Gasteiger partial charge in [0.15, 0.2) is 0 Å². The molecule has 0 fully saturated rings. The molecular formula is C21H29N9. The van der Waals surface area contributed by atoms with Crippen molar-refractivity contribution >= 4 is 34.1 Å². The smallest absolute Gasteiger partial charge is 0.131 e. The number of nitrogens with one attached hydrogen (secondary N) is 2. The van der Waals surface area contributed by atoms with Crippen LogP contribution >= 0.6 is 0 Å². The number of nitrogens with zero attached hydrogens (tertiary/aromatic N) is 3. The second-order valence-electron chi connectivity index (χ2n) is 7.79. The zero-order valence-corrected chi connectivity index (χ0v) is 17.3. The lowest BCUT2D eigenvalue weighted by Gasteiger charge is -2.22. The summed E-state index contributed by atoms with van der Waals surface area (Å²) in [4.78, 5) is 4.77. The van der Waals surface area contributed by atoms with E-state index >= 15 is 0 Å². The van der Waals surface area contributed by atoms with Crippen LogP contribution in [-0.2, 0) is 13.1 Å². The number of nitrogen functional groups attached to an aromatic ring is 3. The molecule has 0 aliphatic heterocycles. The highest BCUT2D eigenvalue weighted by molar-refractivity contribution is 5.98. The van der Waals surface area contributed by atoms with Crippen LogP contribution in [0.3, 0.4) is 0 Å².